The summed E-state index contributed by atoms with van der Waals surface area (Å²) in [6.07, 6.45) is 0. The Balaban J connectivity index is 1.65. The molecule has 2 heterocycles. The molecule has 0 spiro atoms. The Morgan fingerprint density at radius 1 is 1.25 bits per heavy atom. The van der Waals surface area contributed by atoms with E-state index in [1.54, 1.807) is 19.1 Å². The summed E-state index contributed by atoms with van der Waals surface area (Å²) in [4.78, 5) is 38.3. The monoisotopic (exact) mass is 409 g/mol. The van der Waals surface area contributed by atoms with Crippen LogP contribution < -0.4 is 10.6 Å². The quantitative estimate of drug-likeness (QED) is 0.564. The molecule has 1 aromatic heterocycles. The third-order valence-electron chi connectivity index (χ3n) is 4.17. The number of furan rings is 1. The molecule has 0 saturated carbocycles. The first kappa shape index (κ1) is 19.9. The van der Waals surface area contributed by atoms with Gasteiger partial charge in [-0.05, 0) is 50.2 Å². The topological polar surface area (TPSA) is 91.7 Å². The molecule has 1 atom stereocenters. The molecule has 1 saturated heterocycles. The van der Waals surface area contributed by atoms with Crippen molar-refractivity contribution in [1.29, 1.82) is 0 Å². The fourth-order valence-electron chi connectivity index (χ4n) is 2.77. The van der Waals surface area contributed by atoms with Crippen LogP contribution in [0.15, 0.2) is 45.7 Å². The lowest BCUT2D eigenvalue weighted by atomic mass is 9.99. The van der Waals surface area contributed by atoms with E-state index >= 15 is 0 Å². The summed E-state index contributed by atoms with van der Waals surface area (Å²) >= 11 is 0.391. The van der Waals surface area contributed by atoms with E-state index in [1.807, 2.05) is 0 Å². The van der Waals surface area contributed by atoms with Crippen LogP contribution in [0.4, 0.5) is 19.3 Å². The van der Waals surface area contributed by atoms with Gasteiger partial charge in [-0.3, -0.25) is 14.5 Å². The fraction of sp³-hybridized carbons (Fsp3) is 0.278. The maximum absolute atomic E-state index is 12.7. The van der Waals surface area contributed by atoms with Crippen LogP contribution >= 0.6 is 11.8 Å². The van der Waals surface area contributed by atoms with E-state index in [9.17, 15) is 23.2 Å². The summed E-state index contributed by atoms with van der Waals surface area (Å²) in [6, 6.07) is 8.36. The lowest BCUT2D eigenvalue weighted by Crippen LogP contribution is -2.41. The third-order valence-corrected chi connectivity index (χ3v) is 4.90. The average molecular weight is 409 g/mol. The Kier molecular flexibility index (Phi) is 5.41. The van der Waals surface area contributed by atoms with E-state index in [1.165, 1.54) is 31.2 Å². The number of hydrogen-bond donors (Lipinski definition) is 2. The Morgan fingerprint density at radius 2 is 1.93 bits per heavy atom. The van der Waals surface area contributed by atoms with Gasteiger partial charge in [0.25, 0.3) is 11.7 Å². The summed E-state index contributed by atoms with van der Waals surface area (Å²) in [5.41, 5.74) is -1.03. The van der Waals surface area contributed by atoms with Gasteiger partial charge < -0.3 is 15.1 Å². The first-order chi connectivity index (χ1) is 13.2. The number of rotatable bonds is 6. The molecule has 3 rings (SSSR count). The number of urea groups is 1. The highest BCUT2D eigenvalue weighted by Gasteiger charge is 2.51. The van der Waals surface area contributed by atoms with E-state index in [0.29, 0.717) is 28.1 Å². The Morgan fingerprint density at radius 3 is 2.50 bits per heavy atom. The van der Waals surface area contributed by atoms with Gasteiger partial charge in [0.1, 0.15) is 18.1 Å². The summed E-state index contributed by atoms with van der Waals surface area (Å²) < 4.78 is 30.1. The average Bonchev–Trinajstić information content (AvgIpc) is 3.14. The highest BCUT2D eigenvalue weighted by Crippen LogP contribution is 2.30. The Labute approximate surface area is 163 Å². The van der Waals surface area contributed by atoms with Gasteiger partial charge >= 0.3 is 6.03 Å². The van der Waals surface area contributed by atoms with Crippen molar-refractivity contribution in [3.8, 4) is 0 Å². The summed E-state index contributed by atoms with van der Waals surface area (Å²) in [5.74, 6) is -2.88. The molecule has 2 aromatic rings. The number of amides is 4. The number of nitrogens with one attached hydrogen (secondary N) is 2. The van der Waals surface area contributed by atoms with E-state index in [2.05, 4.69) is 10.6 Å². The predicted molar refractivity (Wildman–Crippen MR) is 98.0 cm³/mol. The molecule has 0 radical (unpaired) electrons. The van der Waals surface area contributed by atoms with Crippen molar-refractivity contribution in [3.05, 3.63) is 47.9 Å². The second-order valence-corrected chi connectivity index (χ2v) is 7.37. The first-order valence-corrected chi connectivity index (χ1v) is 9.13. The van der Waals surface area contributed by atoms with Crippen LogP contribution in [0, 0.1) is 6.92 Å². The van der Waals surface area contributed by atoms with Crippen LogP contribution in [0.5, 0.6) is 0 Å². The van der Waals surface area contributed by atoms with Gasteiger partial charge in [0.05, 0.1) is 0 Å². The highest BCUT2D eigenvalue weighted by molar-refractivity contribution is 7.99. The lowest BCUT2D eigenvalue weighted by Gasteiger charge is -2.19. The normalized spacial score (nSPS) is 19.2. The first-order valence-electron chi connectivity index (χ1n) is 8.25. The molecule has 1 fully saturated rings. The minimum atomic E-state index is -2.53. The molecule has 4 amide bonds. The van der Waals surface area contributed by atoms with Crippen molar-refractivity contribution >= 4 is 35.3 Å². The molecule has 28 heavy (non-hydrogen) atoms. The van der Waals surface area contributed by atoms with Gasteiger partial charge in [0.2, 0.25) is 5.91 Å². The summed E-state index contributed by atoms with van der Waals surface area (Å²) in [7, 11) is 0. The van der Waals surface area contributed by atoms with Crippen LogP contribution in [-0.4, -0.2) is 35.0 Å². The molecule has 7 nitrogen and oxygen atoms in total. The van der Waals surface area contributed by atoms with Crippen LogP contribution in [-0.2, 0) is 15.1 Å². The number of carbonyl (C=O) groups excluding carboxylic acids is 3. The molecular formula is C18H17F2N3O4S. The second kappa shape index (κ2) is 7.63. The molecule has 0 bridgehead atoms. The second-order valence-electron chi connectivity index (χ2n) is 6.31. The molecule has 1 aliphatic rings. The van der Waals surface area contributed by atoms with Crippen molar-refractivity contribution in [3.63, 3.8) is 0 Å². The number of carbonyl (C=O) groups is 3. The maximum Gasteiger partial charge on any atom is 0.325 e. The number of alkyl halides is 2. The number of anilines is 1. The molecule has 1 unspecified atom stereocenters. The van der Waals surface area contributed by atoms with Crippen LogP contribution in [0.3, 0.4) is 0 Å². The standard InChI is InChI=1S/C18H17F2N3O4S/c1-10-3-8-13(27-10)18(2)15(25)23(17(26)22-18)9-14(24)21-11-4-6-12(7-5-11)28-16(19)20/h3-8,16H,9H2,1-2H3,(H,21,24)(H,22,26). The minimum absolute atomic E-state index is 0.276. The zero-order chi connectivity index (χ0) is 20.5. The molecule has 1 aliphatic heterocycles. The van der Waals surface area contributed by atoms with Gasteiger partial charge in [0.15, 0.2) is 5.54 Å². The largest absolute Gasteiger partial charge is 0.463 e. The fourth-order valence-corrected chi connectivity index (χ4v) is 3.27. The SMILES string of the molecule is Cc1ccc(C2(C)NC(=O)N(CC(=O)Nc3ccc(SC(F)F)cc3)C2=O)o1. The summed E-state index contributed by atoms with van der Waals surface area (Å²) in [5, 5.41) is 5.07. The van der Waals surface area contributed by atoms with Crippen molar-refractivity contribution in [1.82, 2.24) is 10.2 Å². The Hall–Kier alpha value is -2.88. The van der Waals surface area contributed by atoms with Crippen molar-refractivity contribution in [2.24, 2.45) is 0 Å². The van der Waals surface area contributed by atoms with Gasteiger partial charge in [-0.15, -0.1) is 0 Å². The van der Waals surface area contributed by atoms with E-state index in [0.717, 1.165) is 4.90 Å². The number of imide groups is 1. The van der Waals surface area contributed by atoms with E-state index < -0.39 is 35.7 Å². The number of halogens is 2. The van der Waals surface area contributed by atoms with Gasteiger partial charge in [0, 0.05) is 10.6 Å². The van der Waals surface area contributed by atoms with Gasteiger partial charge in [-0.2, -0.15) is 8.78 Å². The maximum atomic E-state index is 12.7. The molecule has 10 heteroatoms. The van der Waals surface area contributed by atoms with Gasteiger partial charge in [-0.1, -0.05) is 11.8 Å². The molecule has 1 aromatic carbocycles. The zero-order valence-corrected chi connectivity index (χ0v) is 15.8. The third kappa shape index (κ3) is 4.01. The highest BCUT2D eigenvalue weighted by atomic mass is 32.2. The molecule has 0 aliphatic carbocycles. The van der Waals surface area contributed by atoms with Gasteiger partial charge in [-0.25, -0.2) is 4.79 Å². The zero-order valence-electron chi connectivity index (χ0n) is 15.0. The van der Waals surface area contributed by atoms with Crippen molar-refractivity contribution in [2.45, 2.75) is 30.0 Å². The number of benzene rings is 1. The lowest BCUT2D eigenvalue weighted by molar-refractivity contribution is -0.134. The Bertz CT molecular complexity index is 916. The molecule has 148 valence electrons. The van der Waals surface area contributed by atoms with Crippen LogP contribution in [0.25, 0.3) is 0 Å². The number of hydrogen-bond acceptors (Lipinski definition) is 5. The van der Waals surface area contributed by atoms with Crippen molar-refractivity contribution in [2.75, 3.05) is 11.9 Å². The van der Waals surface area contributed by atoms with E-state index in [4.69, 9.17) is 4.42 Å². The summed E-state index contributed by atoms with van der Waals surface area (Å²) in [6.45, 7) is 2.72. The molecule has 2 N–H and O–H groups in total. The van der Waals surface area contributed by atoms with Crippen LogP contribution in [0.1, 0.15) is 18.4 Å². The van der Waals surface area contributed by atoms with E-state index in [-0.39, 0.29) is 5.76 Å². The number of nitrogens with zero attached hydrogens (tertiary/aromatic N) is 1. The molecular weight excluding hydrogens is 392 g/mol. The minimum Gasteiger partial charge on any atom is -0.463 e. The smallest absolute Gasteiger partial charge is 0.325 e. The predicted octanol–water partition coefficient (Wildman–Crippen LogP) is 3.31. The number of thioether (sulfide) groups is 1. The van der Waals surface area contributed by atoms with Crippen molar-refractivity contribution < 1.29 is 27.6 Å². The number of aryl methyl sites for hydroxylation is 1. The van der Waals surface area contributed by atoms with Crippen LogP contribution in [0.2, 0.25) is 0 Å².